The van der Waals surface area contributed by atoms with Gasteiger partial charge in [0.2, 0.25) is 0 Å². The maximum Gasteiger partial charge on any atom is 0.125 e. The van der Waals surface area contributed by atoms with Crippen molar-refractivity contribution >= 4 is 15.9 Å². The number of aryl methyl sites for hydroxylation is 1. The van der Waals surface area contributed by atoms with E-state index in [9.17, 15) is 0 Å². The summed E-state index contributed by atoms with van der Waals surface area (Å²) in [4.78, 5) is 0. The van der Waals surface area contributed by atoms with Crippen LogP contribution in [0.4, 0.5) is 0 Å². The van der Waals surface area contributed by atoms with Crippen LogP contribution in [-0.2, 0) is 6.42 Å². The highest BCUT2D eigenvalue weighted by Gasteiger charge is 2.18. The Bertz CT molecular complexity index is 425. The number of nitrogens with one attached hydrogen (secondary N) is 1. The third kappa shape index (κ3) is 2.89. The zero-order chi connectivity index (χ0) is 13.1. The van der Waals surface area contributed by atoms with Crippen molar-refractivity contribution in [2.24, 2.45) is 0 Å². The Hall–Kier alpha value is -0.540. The standard InChI is InChI=1S/C15H22BrNO/c1-10-8-14(16)13(11(2)15(10)18-3)9-12-6-4-5-7-17-12/h8,12,17H,4-7,9H2,1-3H3. The van der Waals surface area contributed by atoms with Gasteiger partial charge in [-0.25, -0.2) is 0 Å². The highest BCUT2D eigenvalue weighted by Crippen LogP contribution is 2.33. The summed E-state index contributed by atoms with van der Waals surface area (Å²) in [6.45, 7) is 5.41. The van der Waals surface area contributed by atoms with Crippen LogP contribution in [0.15, 0.2) is 10.5 Å². The Balaban J connectivity index is 2.26. The number of ether oxygens (including phenoxy) is 1. The minimum absolute atomic E-state index is 0.612. The van der Waals surface area contributed by atoms with Gasteiger partial charge in [-0.1, -0.05) is 22.4 Å². The lowest BCUT2D eigenvalue weighted by molar-refractivity contribution is 0.393. The molecule has 0 aromatic heterocycles. The zero-order valence-corrected chi connectivity index (χ0v) is 13.1. The molecule has 1 fully saturated rings. The molecule has 0 amide bonds. The predicted molar refractivity (Wildman–Crippen MR) is 79.5 cm³/mol. The number of methoxy groups -OCH3 is 1. The number of hydrogen-bond acceptors (Lipinski definition) is 2. The van der Waals surface area contributed by atoms with Crippen LogP contribution < -0.4 is 10.1 Å². The Kier molecular flexibility index (Phi) is 4.68. The Morgan fingerprint density at radius 1 is 1.39 bits per heavy atom. The van der Waals surface area contributed by atoms with Gasteiger partial charge in [0.15, 0.2) is 0 Å². The Labute approximate surface area is 118 Å². The molecule has 1 unspecified atom stereocenters. The summed E-state index contributed by atoms with van der Waals surface area (Å²) in [5, 5.41) is 3.61. The van der Waals surface area contributed by atoms with Crippen molar-refractivity contribution in [2.45, 2.75) is 45.6 Å². The molecule has 1 N–H and O–H groups in total. The van der Waals surface area contributed by atoms with Crippen LogP contribution >= 0.6 is 15.9 Å². The Morgan fingerprint density at radius 2 is 2.17 bits per heavy atom. The van der Waals surface area contributed by atoms with Crippen LogP contribution in [0.3, 0.4) is 0 Å². The minimum atomic E-state index is 0.612. The van der Waals surface area contributed by atoms with Gasteiger partial charge in [0.05, 0.1) is 7.11 Å². The molecule has 3 heteroatoms. The largest absolute Gasteiger partial charge is 0.496 e. The number of hydrogen-bond donors (Lipinski definition) is 1. The monoisotopic (exact) mass is 311 g/mol. The molecule has 0 saturated carbocycles. The van der Waals surface area contributed by atoms with Gasteiger partial charge in [0, 0.05) is 10.5 Å². The van der Waals surface area contributed by atoms with E-state index in [1.807, 2.05) is 0 Å². The van der Waals surface area contributed by atoms with E-state index in [0.29, 0.717) is 6.04 Å². The molecule has 1 aromatic rings. The molecular formula is C15H22BrNO. The van der Waals surface area contributed by atoms with Crippen LogP contribution in [0.2, 0.25) is 0 Å². The van der Waals surface area contributed by atoms with E-state index < -0.39 is 0 Å². The maximum atomic E-state index is 5.52. The molecule has 1 aliphatic heterocycles. The van der Waals surface area contributed by atoms with Crippen molar-refractivity contribution in [1.82, 2.24) is 5.32 Å². The highest BCUT2D eigenvalue weighted by atomic mass is 79.9. The topological polar surface area (TPSA) is 21.3 Å². The van der Waals surface area contributed by atoms with Crippen molar-refractivity contribution in [2.75, 3.05) is 13.7 Å². The van der Waals surface area contributed by atoms with Gasteiger partial charge in [-0.05, 0) is 62.4 Å². The smallest absolute Gasteiger partial charge is 0.125 e. The lowest BCUT2D eigenvalue weighted by Gasteiger charge is -2.25. The van der Waals surface area contributed by atoms with Crippen molar-refractivity contribution < 1.29 is 4.74 Å². The Morgan fingerprint density at radius 3 is 2.78 bits per heavy atom. The van der Waals surface area contributed by atoms with E-state index in [2.05, 4.69) is 41.2 Å². The van der Waals surface area contributed by atoms with Crippen molar-refractivity contribution in [1.29, 1.82) is 0 Å². The lowest BCUT2D eigenvalue weighted by atomic mass is 9.94. The van der Waals surface area contributed by atoms with Crippen LogP contribution in [0.25, 0.3) is 0 Å². The third-order valence-electron chi connectivity index (χ3n) is 3.85. The molecule has 1 atom stereocenters. The van der Waals surface area contributed by atoms with Crippen LogP contribution in [0.5, 0.6) is 5.75 Å². The second-order valence-electron chi connectivity index (χ2n) is 5.16. The highest BCUT2D eigenvalue weighted by molar-refractivity contribution is 9.10. The summed E-state index contributed by atoms with van der Waals surface area (Å²) in [7, 11) is 1.76. The fourth-order valence-electron chi connectivity index (χ4n) is 2.86. The fourth-order valence-corrected chi connectivity index (χ4v) is 3.67. The van der Waals surface area contributed by atoms with E-state index in [0.717, 1.165) is 18.7 Å². The normalized spacial score (nSPS) is 19.9. The second-order valence-corrected chi connectivity index (χ2v) is 6.02. The van der Waals surface area contributed by atoms with Crippen LogP contribution in [-0.4, -0.2) is 19.7 Å². The molecule has 1 heterocycles. The first-order valence-corrected chi connectivity index (χ1v) is 7.48. The molecule has 1 aliphatic rings. The van der Waals surface area contributed by atoms with E-state index in [1.165, 1.54) is 40.4 Å². The van der Waals surface area contributed by atoms with E-state index >= 15 is 0 Å². The molecule has 100 valence electrons. The second kappa shape index (κ2) is 6.07. The summed E-state index contributed by atoms with van der Waals surface area (Å²) in [5.74, 6) is 1.03. The first kappa shape index (κ1) is 13.9. The van der Waals surface area contributed by atoms with Gasteiger partial charge in [-0.3, -0.25) is 0 Å². The third-order valence-corrected chi connectivity index (χ3v) is 4.56. The van der Waals surface area contributed by atoms with Crippen molar-refractivity contribution in [3.63, 3.8) is 0 Å². The summed E-state index contributed by atoms with van der Waals surface area (Å²) in [6, 6.07) is 2.78. The number of benzene rings is 1. The zero-order valence-electron chi connectivity index (χ0n) is 11.5. The lowest BCUT2D eigenvalue weighted by Crippen LogP contribution is -2.35. The average molecular weight is 312 g/mol. The van der Waals surface area contributed by atoms with Gasteiger partial charge >= 0.3 is 0 Å². The van der Waals surface area contributed by atoms with Gasteiger partial charge in [-0.15, -0.1) is 0 Å². The molecule has 2 nitrogen and oxygen atoms in total. The summed E-state index contributed by atoms with van der Waals surface area (Å²) in [6.07, 6.45) is 5.02. The molecule has 2 rings (SSSR count). The SMILES string of the molecule is COc1c(C)cc(Br)c(CC2CCCCN2)c1C. The van der Waals surface area contributed by atoms with E-state index in [-0.39, 0.29) is 0 Å². The summed E-state index contributed by atoms with van der Waals surface area (Å²) in [5.41, 5.74) is 3.86. The predicted octanol–water partition coefficient (Wildman–Crippen LogP) is 3.76. The van der Waals surface area contributed by atoms with Crippen molar-refractivity contribution in [3.05, 3.63) is 27.2 Å². The van der Waals surface area contributed by atoms with Gasteiger partial charge in [0.25, 0.3) is 0 Å². The molecule has 0 spiro atoms. The van der Waals surface area contributed by atoms with Crippen LogP contribution in [0.1, 0.15) is 36.0 Å². The number of rotatable bonds is 3. The average Bonchev–Trinajstić information content (AvgIpc) is 2.36. The summed E-state index contributed by atoms with van der Waals surface area (Å²) < 4.78 is 6.73. The van der Waals surface area contributed by atoms with E-state index in [4.69, 9.17) is 4.74 Å². The first-order valence-electron chi connectivity index (χ1n) is 6.69. The number of halogens is 1. The van der Waals surface area contributed by atoms with Gasteiger partial charge in [0.1, 0.15) is 5.75 Å². The van der Waals surface area contributed by atoms with E-state index in [1.54, 1.807) is 7.11 Å². The molecule has 1 saturated heterocycles. The molecule has 1 aromatic carbocycles. The minimum Gasteiger partial charge on any atom is -0.496 e. The fraction of sp³-hybridized carbons (Fsp3) is 0.600. The molecule has 0 radical (unpaired) electrons. The molecule has 0 aliphatic carbocycles. The maximum absolute atomic E-state index is 5.52. The molecule has 18 heavy (non-hydrogen) atoms. The van der Waals surface area contributed by atoms with Crippen LogP contribution in [0, 0.1) is 13.8 Å². The quantitative estimate of drug-likeness (QED) is 0.917. The summed E-state index contributed by atoms with van der Waals surface area (Å²) >= 11 is 3.70. The number of piperidine rings is 1. The first-order chi connectivity index (χ1) is 8.63. The van der Waals surface area contributed by atoms with Crippen molar-refractivity contribution in [3.8, 4) is 5.75 Å². The van der Waals surface area contributed by atoms with Gasteiger partial charge in [-0.2, -0.15) is 0 Å². The molecule has 0 bridgehead atoms. The van der Waals surface area contributed by atoms with Gasteiger partial charge < -0.3 is 10.1 Å². The molecular weight excluding hydrogens is 290 g/mol.